The summed E-state index contributed by atoms with van der Waals surface area (Å²) in [6, 6.07) is 13.0. The van der Waals surface area contributed by atoms with E-state index in [0.29, 0.717) is 17.1 Å². The Morgan fingerprint density at radius 2 is 1.84 bits per heavy atom. The second-order valence-electron chi connectivity index (χ2n) is 7.13. The van der Waals surface area contributed by atoms with Gasteiger partial charge < -0.3 is 23.9 Å². The lowest BCUT2D eigenvalue weighted by Crippen LogP contribution is -2.29. The molecule has 0 radical (unpaired) electrons. The second kappa shape index (κ2) is 8.58. The predicted molar refractivity (Wildman–Crippen MR) is 113 cm³/mol. The quantitative estimate of drug-likeness (QED) is 0.355. The van der Waals surface area contributed by atoms with E-state index in [9.17, 15) is 19.1 Å². The molecule has 2 heterocycles. The number of ether oxygens (including phenoxy) is 2. The van der Waals surface area contributed by atoms with Gasteiger partial charge in [-0.3, -0.25) is 9.59 Å². The molecular formula is C24H20FNO6. The Bertz CT molecular complexity index is 1180. The molecule has 1 aliphatic rings. The van der Waals surface area contributed by atoms with Gasteiger partial charge in [0.2, 0.25) is 0 Å². The Hall–Kier alpha value is -4.07. The zero-order valence-electron chi connectivity index (χ0n) is 17.4. The Labute approximate surface area is 183 Å². The molecule has 1 saturated heterocycles. The van der Waals surface area contributed by atoms with Gasteiger partial charge in [0.05, 0.1) is 38.6 Å². The lowest BCUT2D eigenvalue weighted by atomic mass is 9.95. The number of amides is 1. The van der Waals surface area contributed by atoms with Crippen LogP contribution in [0.3, 0.4) is 0 Å². The van der Waals surface area contributed by atoms with Gasteiger partial charge in [-0.05, 0) is 48.0 Å². The van der Waals surface area contributed by atoms with Crippen LogP contribution in [0.4, 0.5) is 4.39 Å². The molecule has 8 heteroatoms. The number of rotatable bonds is 6. The highest BCUT2D eigenvalue weighted by Crippen LogP contribution is 2.41. The maximum absolute atomic E-state index is 14.3. The number of methoxy groups -OCH3 is 2. The number of nitrogens with zero attached hydrogens (tertiary/aromatic N) is 1. The number of halogens is 1. The first-order valence-corrected chi connectivity index (χ1v) is 9.73. The molecule has 1 fully saturated rings. The molecule has 1 aliphatic heterocycles. The monoisotopic (exact) mass is 437 g/mol. The molecular weight excluding hydrogens is 417 g/mol. The van der Waals surface area contributed by atoms with E-state index in [4.69, 9.17) is 13.9 Å². The molecule has 2 aromatic carbocycles. The molecule has 0 saturated carbocycles. The zero-order chi connectivity index (χ0) is 22.8. The van der Waals surface area contributed by atoms with Crippen molar-refractivity contribution in [3.05, 3.63) is 89.1 Å². The van der Waals surface area contributed by atoms with Gasteiger partial charge in [-0.15, -0.1) is 0 Å². The van der Waals surface area contributed by atoms with E-state index in [2.05, 4.69) is 0 Å². The van der Waals surface area contributed by atoms with Crippen LogP contribution in [0.15, 0.2) is 70.9 Å². The molecule has 0 spiro atoms. The number of aliphatic hydroxyl groups excluding tert-OH is 1. The fourth-order valence-corrected chi connectivity index (χ4v) is 3.72. The summed E-state index contributed by atoms with van der Waals surface area (Å²) in [6.07, 6.45) is 1.47. The van der Waals surface area contributed by atoms with Gasteiger partial charge in [0.15, 0.2) is 11.6 Å². The van der Waals surface area contributed by atoms with E-state index in [1.54, 1.807) is 36.4 Å². The number of hydrogen-bond donors (Lipinski definition) is 1. The molecule has 7 nitrogen and oxygen atoms in total. The number of ketones is 1. The number of benzene rings is 2. The van der Waals surface area contributed by atoms with Crippen molar-refractivity contribution >= 4 is 17.4 Å². The van der Waals surface area contributed by atoms with Crippen molar-refractivity contribution in [2.45, 2.75) is 12.6 Å². The zero-order valence-corrected chi connectivity index (χ0v) is 17.4. The number of aliphatic hydroxyl groups is 1. The van der Waals surface area contributed by atoms with Crippen molar-refractivity contribution in [3.63, 3.8) is 0 Å². The third kappa shape index (κ3) is 3.71. The normalized spacial score (nSPS) is 17.6. The third-order valence-electron chi connectivity index (χ3n) is 5.30. The van der Waals surface area contributed by atoms with Gasteiger partial charge in [-0.2, -0.15) is 0 Å². The number of carbonyl (C=O) groups excluding carboxylic acids is 2. The van der Waals surface area contributed by atoms with Gasteiger partial charge in [-0.1, -0.05) is 12.1 Å². The SMILES string of the molecule is COc1ccc(C2C(=C(O)c3ccc(OC)c(F)c3)C(=O)C(=O)N2Cc2ccco2)cc1. The van der Waals surface area contributed by atoms with Gasteiger partial charge in [0.1, 0.15) is 17.3 Å². The largest absolute Gasteiger partial charge is 0.507 e. The summed E-state index contributed by atoms with van der Waals surface area (Å²) in [6.45, 7) is 0.0159. The minimum atomic E-state index is -0.906. The number of furan rings is 1. The van der Waals surface area contributed by atoms with Crippen molar-refractivity contribution in [1.29, 1.82) is 0 Å². The molecule has 1 aromatic heterocycles. The van der Waals surface area contributed by atoms with Crippen LogP contribution in [-0.2, 0) is 16.1 Å². The average molecular weight is 437 g/mol. The standard InChI is InChI=1S/C24H20FNO6/c1-30-16-8-5-14(6-9-16)21-20(22(27)15-7-10-19(31-2)18(25)12-15)23(28)24(29)26(21)13-17-4-3-11-32-17/h3-12,21,27H,13H2,1-2H3. The van der Waals surface area contributed by atoms with E-state index in [1.165, 1.54) is 37.5 Å². The highest BCUT2D eigenvalue weighted by molar-refractivity contribution is 6.46. The minimum absolute atomic E-state index is 0.00785. The molecule has 1 unspecified atom stereocenters. The summed E-state index contributed by atoms with van der Waals surface area (Å²) in [5.41, 5.74) is 0.487. The van der Waals surface area contributed by atoms with Crippen LogP contribution in [-0.4, -0.2) is 35.9 Å². The van der Waals surface area contributed by atoms with E-state index in [-0.39, 0.29) is 23.4 Å². The molecule has 3 aromatic rings. The first-order valence-electron chi connectivity index (χ1n) is 9.73. The molecule has 1 atom stereocenters. The fraction of sp³-hybridized carbons (Fsp3) is 0.167. The van der Waals surface area contributed by atoms with E-state index < -0.39 is 29.3 Å². The van der Waals surface area contributed by atoms with Crippen LogP contribution in [0.1, 0.15) is 22.9 Å². The first kappa shape index (κ1) is 21.2. The summed E-state index contributed by atoms with van der Waals surface area (Å²) in [7, 11) is 2.85. The molecule has 0 aliphatic carbocycles. The van der Waals surface area contributed by atoms with Crippen LogP contribution in [0, 0.1) is 5.82 Å². The Morgan fingerprint density at radius 1 is 1.09 bits per heavy atom. The summed E-state index contributed by atoms with van der Waals surface area (Å²) in [4.78, 5) is 27.2. The topological polar surface area (TPSA) is 89.2 Å². The lowest BCUT2D eigenvalue weighted by Gasteiger charge is -2.24. The molecule has 0 bridgehead atoms. The lowest BCUT2D eigenvalue weighted by molar-refractivity contribution is -0.140. The second-order valence-corrected chi connectivity index (χ2v) is 7.13. The minimum Gasteiger partial charge on any atom is -0.507 e. The number of carbonyl (C=O) groups is 2. The van der Waals surface area contributed by atoms with Crippen molar-refractivity contribution in [1.82, 2.24) is 4.90 Å². The predicted octanol–water partition coefficient (Wildman–Crippen LogP) is 4.06. The molecule has 4 rings (SSSR count). The van der Waals surface area contributed by atoms with Crippen LogP contribution in [0.5, 0.6) is 11.5 Å². The summed E-state index contributed by atoms with van der Waals surface area (Å²) in [5, 5.41) is 11.0. The first-order chi connectivity index (χ1) is 15.4. The average Bonchev–Trinajstić information content (AvgIpc) is 3.41. The molecule has 32 heavy (non-hydrogen) atoms. The summed E-state index contributed by atoms with van der Waals surface area (Å²) in [5.74, 6) is -1.79. The van der Waals surface area contributed by atoms with Crippen molar-refractivity contribution < 1.29 is 33.0 Å². The van der Waals surface area contributed by atoms with Crippen molar-refractivity contribution in [3.8, 4) is 11.5 Å². The number of likely N-dealkylation sites (tertiary alicyclic amines) is 1. The van der Waals surface area contributed by atoms with Crippen molar-refractivity contribution in [2.24, 2.45) is 0 Å². The van der Waals surface area contributed by atoms with Crippen LogP contribution in [0.2, 0.25) is 0 Å². The Balaban J connectivity index is 1.85. The highest BCUT2D eigenvalue weighted by Gasteiger charge is 2.46. The van der Waals surface area contributed by atoms with Crippen LogP contribution in [0.25, 0.3) is 5.76 Å². The van der Waals surface area contributed by atoms with Crippen LogP contribution < -0.4 is 9.47 Å². The van der Waals surface area contributed by atoms with Crippen molar-refractivity contribution in [2.75, 3.05) is 14.2 Å². The number of Topliss-reactive ketones (excluding diaryl/α,β-unsaturated/α-hetero) is 1. The molecule has 164 valence electrons. The summed E-state index contributed by atoms with van der Waals surface area (Å²) >= 11 is 0. The van der Waals surface area contributed by atoms with E-state index in [1.807, 2.05) is 0 Å². The van der Waals surface area contributed by atoms with Gasteiger partial charge in [-0.25, -0.2) is 4.39 Å². The summed E-state index contributed by atoms with van der Waals surface area (Å²) < 4.78 is 29.7. The van der Waals surface area contributed by atoms with Gasteiger partial charge >= 0.3 is 0 Å². The Kier molecular flexibility index (Phi) is 5.68. The molecule has 1 amide bonds. The molecule has 1 N–H and O–H groups in total. The number of hydrogen-bond acceptors (Lipinski definition) is 6. The van der Waals surface area contributed by atoms with Gasteiger partial charge in [0, 0.05) is 5.56 Å². The smallest absolute Gasteiger partial charge is 0.296 e. The van der Waals surface area contributed by atoms with Crippen LogP contribution >= 0.6 is 0 Å². The fourth-order valence-electron chi connectivity index (χ4n) is 3.72. The maximum atomic E-state index is 14.3. The van der Waals surface area contributed by atoms with Gasteiger partial charge in [0.25, 0.3) is 11.7 Å². The highest BCUT2D eigenvalue weighted by atomic mass is 19.1. The van der Waals surface area contributed by atoms with E-state index >= 15 is 0 Å². The van der Waals surface area contributed by atoms with E-state index in [0.717, 1.165) is 6.07 Å². The third-order valence-corrected chi connectivity index (χ3v) is 5.30. The Morgan fingerprint density at radius 3 is 2.44 bits per heavy atom. The maximum Gasteiger partial charge on any atom is 0.296 e.